The Balaban J connectivity index is 1.01. The van der Waals surface area contributed by atoms with Crippen LogP contribution in [0.2, 0.25) is 5.02 Å². The number of fused-ring (bicyclic) bond motifs is 1. The van der Waals surface area contributed by atoms with Crippen LogP contribution in [0, 0.1) is 0 Å². The van der Waals surface area contributed by atoms with Crippen molar-refractivity contribution in [2.75, 3.05) is 82.9 Å². The second-order valence-corrected chi connectivity index (χ2v) is 11.4. The van der Waals surface area contributed by atoms with E-state index in [1.165, 1.54) is 6.20 Å². The zero-order valence-electron chi connectivity index (χ0n) is 25.4. The van der Waals surface area contributed by atoms with E-state index in [1.807, 2.05) is 6.07 Å². The van der Waals surface area contributed by atoms with Crippen LogP contribution in [0.25, 0.3) is 5.65 Å². The maximum absolute atomic E-state index is 13.1. The maximum Gasteiger partial charge on any atom is 0.323 e. The molecule has 1 saturated carbocycles. The van der Waals surface area contributed by atoms with E-state index in [-0.39, 0.29) is 37.3 Å². The van der Waals surface area contributed by atoms with E-state index in [1.54, 1.807) is 23.0 Å². The van der Waals surface area contributed by atoms with Crippen LogP contribution in [0.3, 0.4) is 0 Å². The number of nitrogens with one attached hydrogen (secondary N) is 4. The van der Waals surface area contributed by atoms with E-state index >= 15 is 0 Å². The normalized spacial score (nSPS) is 15.8. The fraction of sp³-hybridized carbons (Fsp3) is 0.567. The summed E-state index contributed by atoms with van der Waals surface area (Å²) in [5.74, 6) is 0.312. The molecule has 45 heavy (non-hydrogen) atoms. The van der Waals surface area contributed by atoms with E-state index in [2.05, 4.69) is 41.2 Å². The molecule has 0 radical (unpaired) electrons. The van der Waals surface area contributed by atoms with Crippen LogP contribution >= 0.6 is 11.6 Å². The van der Waals surface area contributed by atoms with Crippen molar-refractivity contribution in [3.63, 3.8) is 0 Å². The molecule has 0 bridgehead atoms. The lowest BCUT2D eigenvalue weighted by Gasteiger charge is -2.26. The molecule has 0 spiro atoms. The van der Waals surface area contributed by atoms with Gasteiger partial charge in [0, 0.05) is 57.3 Å². The minimum atomic E-state index is -0.491. The third-order valence-electron chi connectivity index (χ3n) is 7.78. The first-order valence-electron chi connectivity index (χ1n) is 15.6. The Kier molecular flexibility index (Phi) is 12.6. The van der Waals surface area contributed by atoms with Gasteiger partial charge in [-0.3, -0.25) is 9.69 Å². The number of aromatic nitrogens is 4. The lowest BCUT2D eigenvalue weighted by Crippen LogP contribution is -2.44. The molecule has 1 aliphatic carbocycles. The Hall–Kier alpha value is -3.56. The van der Waals surface area contributed by atoms with Gasteiger partial charge in [-0.25, -0.2) is 19.3 Å². The van der Waals surface area contributed by atoms with E-state index in [0.29, 0.717) is 42.8 Å². The molecule has 0 aromatic carbocycles. The average Bonchev–Trinajstić information content (AvgIpc) is 3.75. The highest BCUT2D eigenvalue weighted by atomic mass is 35.5. The molecule has 5 rings (SSSR count). The molecule has 4 N–H and O–H groups in total. The molecule has 1 saturated heterocycles. The number of urea groups is 1. The number of rotatable bonds is 16. The summed E-state index contributed by atoms with van der Waals surface area (Å²) in [7, 11) is 0. The van der Waals surface area contributed by atoms with Crippen LogP contribution < -0.4 is 26.0 Å². The molecular formula is C30H42ClN9O5. The minimum absolute atomic E-state index is 0.143. The Morgan fingerprint density at radius 3 is 2.58 bits per heavy atom. The zero-order chi connectivity index (χ0) is 31.3. The molecule has 3 amide bonds. The van der Waals surface area contributed by atoms with Gasteiger partial charge in [-0.2, -0.15) is 5.10 Å². The third-order valence-corrected chi connectivity index (χ3v) is 7.99. The van der Waals surface area contributed by atoms with Crippen molar-refractivity contribution in [2.45, 2.75) is 38.0 Å². The van der Waals surface area contributed by atoms with Gasteiger partial charge in [-0.05, 0) is 18.9 Å². The quantitative estimate of drug-likeness (QED) is 0.171. The topological polar surface area (TPSA) is 156 Å². The lowest BCUT2D eigenvalue weighted by molar-refractivity contribution is -0.122. The standard InChI is InChI=1S/C30H42ClN9O5/c31-23-19-24(37-30(42)38-25-21-34-26-5-7-36-40(26)28(25)22-3-1-2-4-22)29(35-20-23)45-15-10-33-27(41)6-14-43-17-18-44-16-13-39-11-8-32-9-12-39/h5,7,19-22,32H,1-4,6,8-18H2,(H,33,41)(H2,37,38,42). The summed E-state index contributed by atoms with van der Waals surface area (Å²) in [6.45, 7) is 7.40. The monoisotopic (exact) mass is 643 g/mol. The summed E-state index contributed by atoms with van der Waals surface area (Å²) in [6.07, 6.45) is 9.36. The Morgan fingerprint density at radius 2 is 1.76 bits per heavy atom. The molecule has 0 atom stereocenters. The van der Waals surface area contributed by atoms with E-state index < -0.39 is 6.03 Å². The molecule has 244 valence electrons. The first-order valence-corrected chi connectivity index (χ1v) is 16.0. The third kappa shape index (κ3) is 9.96. The molecule has 1 aliphatic heterocycles. The molecule has 14 nitrogen and oxygen atoms in total. The molecule has 15 heteroatoms. The molecular weight excluding hydrogens is 602 g/mol. The van der Waals surface area contributed by atoms with Crippen LogP contribution in [-0.4, -0.2) is 109 Å². The summed E-state index contributed by atoms with van der Waals surface area (Å²) in [6, 6.07) is 2.91. The number of ether oxygens (including phenoxy) is 3. The number of carbonyl (C=O) groups is 2. The van der Waals surface area contributed by atoms with Gasteiger partial charge in [0.2, 0.25) is 11.8 Å². The van der Waals surface area contributed by atoms with Gasteiger partial charge in [0.15, 0.2) is 5.65 Å². The van der Waals surface area contributed by atoms with Crippen molar-refractivity contribution in [3.05, 3.63) is 41.4 Å². The highest BCUT2D eigenvalue weighted by Gasteiger charge is 2.25. The molecule has 3 aromatic rings. The van der Waals surface area contributed by atoms with Gasteiger partial charge in [0.05, 0.1) is 61.8 Å². The van der Waals surface area contributed by atoms with Crippen LogP contribution in [0.5, 0.6) is 5.88 Å². The SMILES string of the molecule is O=C(CCOCCOCCN1CCNCC1)NCCOc1ncc(Cl)cc1NC(=O)Nc1cnc2ccnn2c1C1CCCC1. The summed E-state index contributed by atoms with van der Waals surface area (Å²) in [4.78, 5) is 36.3. The fourth-order valence-electron chi connectivity index (χ4n) is 5.53. The summed E-state index contributed by atoms with van der Waals surface area (Å²) >= 11 is 6.16. The van der Waals surface area contributed by atoms with E-state index in [9.17, 15) is 9.59 Å². The largest absolute Gasteiger partial charge is 0.474 e. The second kappa shape index (κ2) is 17.2. The number of hydrogen-bond donors (Lipinski definition) is 4. The fourth-order valence-corrected chi connectivity index (χ4v) is 5.69. The molecule has 2 aliphatic rings. The molecule has 4 heterocycles. The number of halogens is 1. The number of amides is 3. The van der Waals surface area contributed by atoms with Crippen molar-refractivity contribution >= 4 is 40.6 Å². The van der Waals surface area contributed by atoms with Crippen molar-refractivity contribution in [3.8, 4) is 5.88 Å². The summed E-state index contributed by atoms with van der Waals surface area (Å²) < 4.78 is 18.7. The van der Waals surface area contributed by atoms with Gasteiger partial charge in [0.25, 0.3) is 0 Å². The predicted octanol–water partition coefficient (Wildman–Crippen LogP) is 2.90. The number of anilines is 2. The average molecular weight is 644 g/mol. The van der Waals surface area contributed by atoms with Crippen LogP contribution in [0.1, 0.15) is 43.7 Å². The first kappa shape index (κ1) is 32.8. The van der Waals surface area contributed by atoms with Crippen molar-refractivity contribution in [1.29, 1.82) is 0 Å². The van der Waals surface area contributed by atoms with Gasteiger partial charge in [-0.1, -0.05) is 24.4 Å². The molecule has 2 fully saturated rings. The summed E-state index contributed by atoms with van der Waals surface area (Å²) in [5, 5.41) is 16.6. The molecule has 3 aromatic heterocycles. The number of hydrogen-bond acceptors (Lipinski definition) is 10. The summed E-state index contributed by atoms with van der Waals surface area (Å²) in [5.41, 5.74) is 2.57. The predicted molar refractivity (Wildman–Crippen MR) is 170 cm³/mol. The van der Waals surface area contributed by atoms with E-state index in [0.717, 1.165) is 69.7 Å². The van der Waals surface area contributed by atoms with Gasteiger partial charge in [0.1, 0.15) is 12.3 Å². The van der Waals surface area contributed by atoms with Crippen molar-refractivity contribution in [1.82, 2.24) is 35.1 Å². The van der Waals surface area contributed by atoms with Gasteiger partial charge in [-0.15, -0.1) is 0 Å². The number of piperazine rings is 1. The second-order valence-electron chi connectivity index (χ2n) is 11.0. The van der Waals surface area contributed by atoms with Crippen LogP contribution in [-0.2, 0) is 14.3 Å². The van der Waals surface area contributed by atoms with Crippen molar-refractivity contribution in [2.24, 2.45) is 0 Å². The highest BCUT2D eigenvalue weighted by molar-refractivity contribution is 6.30. The molecule has 0 unspecified atom stereocenters. The Bertz CT molecular complexity index is 1400. The van der Waals surface area contributed by atoms with Crippen LogP contribution in [0.15, 0.2) is 30.7 Å². The highest BCUT2D eigenvalue weighted by Crippen LogP contribution is 2.37. The minimum Gasteiger partial charge on any atom is -0.474 e. The zero-order valence-corrected chi connectivity index (χ0v) is 26.2. The number of nitrogens with zero attached hydrogens (tertiary/aromatic N) is 5. The van der Waals surface area contributed by atoms with Gasteiger partial charge < -0.3 is 35.5 Å². The number of carbonyl (C=O) groups excluding carboxylic acids is 2. The first-order chi connectivity index (χ1) is 22.1. The van der Waals surface area contributed by atoms with Crippen molar-refractivity contribution < 1.29 is 23.8 Å². The van der Waals surface area contributed by atoms with E-state index in [4.69, 9.17) is 25.8 Å². The maximum atomic E-state index is 13.1. The van der Waals surface area contributed by atoms with Crippen LogP contribution in [0.4, 0.5) is 16.2 Å². The van der Waals surface area contributed by atoms with Gasteiger partial charge >= 0.3 is 6.03 Å². The smallest absolute Gasteiger partial charge is 0.323 e. The number of pyridine rings is 1. The lowest BCUT2D eigenvalue weighted by atomic mass is 10.0. The Morgan fingerprint density at radius 1 is 0.978 bits per heavy atom. The Labute approximate surface area is 267 Å².